The Morgan fingerprint density at radius 1 is 0.400 bits per heavy atom. The fourth-order valence-electron chi connectivity index (χ4n) is 8.40. The molecule has 224 valence electrons. The van der Waals surface area contributed by atoms with Crippen LogP contribution in [0.25, 0.3) is 109 Å². The van der Waals surface area contributed by atoms with Gasteiger partial charge in [0, 0.05) is 11.1 Å². The minimum Gasteiger partial charge on any atom is -0.237 e. The summed E-state index contributed by atoms with van der Waals surface area (Å²) in [5, 5.41) is 25.9. The van der Waals surface area contributed by atoms with Crippen molar-refractivity contribution in [2.45, 2.75) is 0 Å². The molecule has 2 aliphatic rings. The molecule has 0 spiro atoms. The van der Waals surface area contributed by atoms with Crippen molar-refractivity contribution in [1.29, 1.82) is 10.5 Å². The van der Waals surface area contributed by atoms with Crippen molar-refractivity contribution in [2.24, 2.45) is 0 Å². The summed E-state index contributed by atoms with van der Waals surface area (Å²) in [6, 6.07) is 45.2. The molecular weight excluding hydrogens is 609 g/mol. The normalized spacial score (nSPS) is 11.5. The molecule has 8 aromatic carbocycles. The Kier molecular flexibility index (Phi) is 5.52. The van der Waals surface area contributed by atoms with E-state index in [1.807, 2.05) is 24.3 Å². The number of fused-ring (bicyclic) bond motifs is 8. The van der Waals surface area contributed by atoms with Crippen molar-refractivity contribution in [3.05, 3.63) is 155 Å². The Morgan fingerprint density at radius 2 is 0.800 bits per heavy atom. The highest BCUT2D eigenvalue weighted by Crippen LogP contribution is 2.62. The standard InChI is InChI=1S/C46H20N4/c1-49-39-19-25(23-47)11-13-33(39)42-37-21-27-7-3-4-8-28(27)22-38(37)43(34-14-12-26(24-48)20-40(34)50-2)46-36-18-16-32-30-10-6-5-9-29(30)31-15-17-35(45(42)46)44(36)41(31)32/h3-22H. The highest BCUT2D eigenvalue weighted by molar-refractivity contribution is 6.33. The van der Waals surface area contributed by atoms with Gasteiger partial charge in [0.15, 0.2) is 11.4 Å². The lowest BCUT2D eigenvalue weighted by Crippen LogP contribution is -1.95. The van der Waals surface area contributed by atoms with E-state index in [1.165, 1.54) is 27.6 Å². The summed E-state index contributed by atoms with van der Waals surface area (Å²) < 4.78 is 0. The van der Waals surface area contributed by atoms with Crippen LogP contribution in [0.1, 0.15) is 11.1 Å². The first-order chi connectivity index (χ1) is 24.6. The fraction of sp³-hybridized carbons (Fsp3) is 0. The maximum Gasteiger partial charge on any atom is 0.196 e. The molecule has 0 aromatic heterocycles. The van der Waals surface area contributed by atoms with Crippen LogP contribution in [0.4, 0.5) is 11.4 Å². The molecule has 0 aliphatic heterocycles. The molecule has 4 nitrogen and oxygen atoms in total. The number of benzene rings is 8. The lowest BCUT2D eigenvalue weighted by molar-refractivity contribution is 1.48. The van der Waals surface area contributed by atoms with Crippen LogP contribution in [0.3, 0.4) is 0 Å². The first-order valence-electron chi connectivity index (χ1n) is 16.2. The second-order valence-electron chi connectivity index (χ2n) is 12.8. The van der Waals surface area contributed by atoms with Gasteiger partial charge in [0.25, 0.3) is 0 Å². The van der Waals surface area contributed by atoms with E-state index >= 15 is 0 Å². The van der Waals surface area contributed by atoms with Crippen molar-refractivity contribution >= 4 is 43.7 Å². The van der Waals surface area contributed by atoms with Gasteiger partial charge in [-0.15, -0.1) is 0 Å². The van der Waals surface area contributed by atoms with Gasteiger partial charge in [0.2, 0.25) is 0 Å². The molecule has 0 saturated carbocycles. The second kappa shape index (κ2) is 10.0. The zero-order chi connectivity index (χ0) is 33.7. The van der Waals surface area contributed by atoms with Crippen LogP contribution in [0, 0.1) is 35.8 Å². The molecule has 0 N–H and O–H groups in total. The van der Waals surface area contributed by atoms with Crippen molar-refractivity contribution < 1.29 is 0 Å². The highest BCUT2D eigenvalue weighted by atomic mass is 14.7. The Morgan fingerprint density at radius 3 is 1.24 bits per heavy atom. The predicted octanol–water partition coefficient (Wildman–Crippen LogP) is 12.6. The number of nitrogens with zero attached hydrogens (tertiary/aromatic N) is 4. The van der Waals surface area contributed by atoms with Crippen molar-refractivity contribution in [3.8, 4) is 78.9 Å². The van der Waals surface area contributed by atoms with E-state index in [0.29, 0.717) is 22.5 Å². The molecule has 0 amide bonds. The predicted molar refractivity (Wildman–Crippen MR) is 201 cm³/mol. The Bertz CT molecular complexity index is 2880. The molecule has 4 heteroatoms. The van der Waals surface area contributed by atoms with Gasteiger partial charge < -0.3 is 0 Å². The Hall–Kier alpha value is -7.50. The van der Waals surface area contributed by atoms with E-state index in [1.54, 1.807) is 24.3 Å². The van der Waals surface area contributed by atoms with Crippen LogP contribution in [-0.4, -0.2) is 0 Å². The van der Waals surface area contributed by atoms with E-state index in [4.69, 9.17) is 13.1 Å². The van der Waals surface area contributed by atoms with Gasteiger partial charge in [-0.05, 0) is 135 Å². The van der Waals surface area contributed by atoms with Crippen LogP contribution in [0.5, 0.6) is 0 Å². The van der Waals surface area contributed by atoms with E-state index in [-0.39, 0.29) is 0 Å². The summed E-state index contributed by atoms with van der Waals surface area (Å²) in [5.41, 5.74) is 14.1. The Balaban J connectivity index is 1.47. The lowest BCUT2D eigenvalue weighted by atomic mass is 9.81. The minimum atomic E-state index is 0.412. The average molecular weight is 629 g/mol. The van der Waals surface area contributed by atoms with Gasteiger partial charge in [0.1, 0.15) is 0 Å². The number of hydrogen-bond donors (Lipinski definition) is 0. The summed E-state index contributed by atoms with van der Waals surface area (Å²) in [4.78, 5) is 7.94. The second-order valence-corrected chi connectivity index (χ2v) is 12.8. The van der Waals surface area contributed by atoms with E-state index in [0.717, 1.165) is 71.4 Å². The maximum atomic E-state index is 9.77. The zero-order valence-corrected chi connectivity index (χ0v) is 26.3. The molecule has 0 fully saturated rings. The Labute approximate surface area is 287 Å². The fourth-order valence-corrected chi connectivity index (χ4v) is 8.40. The van der Waals surface area contributed by atoms with Gasteiger partial charge in [-0.3, -0.25) is 0 Å². The third-order valence-electron chi connectivity index (χ3n) is 10.4. The lowest BCUT2D eigenvalue weighted by Gasteiger charge is -2.22. The smallest absolute Gasteiger partial charge is 0.196 e. The first kappa shape index (κ1) is 27.6. The highest BCUT2D eigenvalue weighted by Gasteiger charge is 2.35. The third-order valence-corrected chi connectivity index (χ3v) is 10.4. The van der Waals surface area contributed by atoms with Crippen LogP contribution in [-0.2, 0) is 0 Å². The van der Waals surface area contributed by atoms with Crippen LogP contribution < -0.4 is 0 Å². The van der Waals surface area contributed by atoms with Gasteiger partial charge >= 0.3 is 0 Å². The van der Waals surface area contributed by atoms with Crippen LogP contribution >= 0.6 is 0 Å². The van der Waals surface area contributed by atoms with Gasteiger partial charge in [0.05, 0.1) is 25.3 Å². The summed E-state index contributed by atoms with van der Waals surface area (Å²) in [6.07, 6.45) is 0. The van der Waals surface area contributed by atoms with Gasteiger partial charge in [-0.25, -0.2) is 9.69 Å². The molecule has 0 unspecified atom stereocenters. The topological polar surface area (TPSA) is 56.3 Å². The molecule has 10 rings (SSSR count). The van der Waals surface area contributed by atoms with Crippen molar-refractivity contribution in [3.63, 3.8) is 0 Å². The summed E-state index contributed by atoms with van der Waals surface area (Å²) >= 11 is 0. The summed E-state index contributed by atoms with van der Waals surface area (Å²) in [6.45, 7) is 16.5. The molecule has 0 bridgehead atoms. The molecule has 8 aromatic rings. The zero-order valence-electron chi connectivity index (χ0n) is 26.3. The number of rotatable bonds is 2. The average Bonchev–Trinajstić information content (AvgIpc) is 3.68. The van der Waals surface area contributed by atoms with E-state index in [2.05, 4.69) is 94.6 Å². The largest absolute Gasteiger partial charge is 0.237 e. The molecule has 0 saturated heterocycles. The van der Waals surface area contributed by atoms with Crippen molar-refractivity contribution in [2.75, 3.05) is 0 Å². The molecule has 0 radical (unpaired) electrons. The SMILES string of the molecule is [C-]#[N+]c1cc(C#N)ccc1-c1c2c(c(-c3ccc(C#N)cc3[N+]#[C-])c3cc4ccccc4cc13)-c1ccc3c4c(ccc-2c14)-c1ccccc1-3. The van der Waals surface area contributed by atoms with Crippen LogP contribution in [0.2, 0.25) is 0 Å². The number of nitriles is 2. The maximum absolute atomic E-state index is 9.77. The molecule has 0 atom stereocenters. The van der Waals surface area contributed by atoms with Gasteiger partial charge in [-0.1, -0.05) is 84.9 Å². The first-order valence-corrected chi connectivity index (χ1v) is 16.2. The number of hydrogen-bond acceptors (Lipinski definition) is 2. The summed E-state index contributed by atoms with van der Waals surface area (Å²) in [5.74, 6) is 0. The summed E-state index contributed by atoms with van der Waals surface area (Å²) in [7, 11) is 0. The molecule has 0 heterocycles. The van der Waals surface area contributed by atoms with Crippen LogP contribution in [0.15, 0.2) is 121 Å². The minimum absolute atomic E-state index is 0.412. The monoisotopic (exact) mass is 628 g/mol. The molecule has 50 heavy (non-hydrogen) atoms. The molecular formula is C46H20N4. The quantitative estimate of drug-likeness (QED) is 0.141. The van der Waals surface area contributed by atoms with Crippen molar-refractivity contribution in [1.82, 2.24) is 0 Å². The van der Waals surface area contributed by atoms with E-state index < -0.39 is 0 Å². The third kappa shape index (κ3) is 3.49. The molecule has 2 aliphatic carbocycles. The van der Waals surface area contributed by atoms with E-state index in [9.17, 15) is 10.5 Å². The van der Waals surface area contributed by atoms with Gasteiger partial charge in [-0.2, -0.15) is 10.5 Å².